The molecule has 0 radical (unpaired) electrons. The molecule has 4 aromatic rings. The lowest BCUT2D eigenvalue weighted by molar-refractivity contribution is -0.139. The van der Waals surface area contributed by atoms with Gasteiger partial charge in [0.05, 0.1) is 5.52 Å². The highest BCUT2D eigenvalue weighted by atomic mass is 79.9. The maximum absolute atomic E-state index is 14.5. The van der Waals surface area contributed by atoms with Crippen LogP contribution in [-0.2, 0) is 27.3 Å². The van der Waals surface area contributed by atoms with Gasteiger partial charge in [0.25, 0.3) is 0 Å². The molecule has 1 saturated heterocycles. The molecule has 5 heterocycles. The molecule has 3 aliphatic rings. The molecule has 0 spiro atoms. The minimum atomic E-state index is -0.869. The normalized spacial score (nSPS) is 24.0. The molecule has 260 valence electrons. The number of rotatable bonds is 4. The number of ketones is 1. The van der Waals surface area contributed by atoms with Crippen LogP contribution in [0.2, 0.25) is 0 Å². The van der Waals surface area contributed by atoms with Crippen LogP contribution in [0, 0.1) is 24.1 Å². The number of hydrogen-bond acceptors (Lipinski definition) is 8. The summed E-state index contributed by atoms with van der Waals surface area (Å²) in [5, 5.41) is 11.2. The van der Waals surface area contributed by atoms with Crippen molar-refractivity contribution in [3.63, 3.8) is 0 Å². The van der Waals surface area contributed by atoms with E-state index in [1.54, 1.807) is 22.0 Å². The fourth-order valence-electron chi connectivity index (χ4n) is 7.93. The summed E-state index contributed by atoms with van der Waals surface area (Å²) >= 11 is 3.06. The van der Waals surface area contributed by atoms with Crippen molar-refractivity contribution >= 4 is 56.2 Å². The first kappa shape index (κ1) is 33.9. The lowest BCUT2D eigenvalue weighted by atomic mass is 9.95. The van der Waals surface area contributed by atoms with Crippen LogP contribution in [0.25, 0.3) is 22.0 Å². The number of benzene rings is 1. The molecule has 3 aromatic heterocycles. The van der Waals surface area contributed by atoms with Crippen LogP contribution in [-0.4, -0.2) is 71.8 Å². The first-order valence-corrected chi connectivity index (χ1v) is 17.8. The van der Waals surface area contributed by atoms with Crippen molar-refractivity contribution < 1.29 is 23.6 Å². The first-order chi connectivity index (χ1) is 24.0. The van der Waals surface area contributed by atoms with Gasteiger partial charge in [-0.3, -0.25) is 23.9 Å². The molecule has 2 bridgehead atoms. The number of nitrogens with one attached hydrogen (secondary N) is 2. The third-order valence-electron chi connectivity index (χ3n) is 10.6. The number of carbonyl (C=O) groups excluding carboxylic acids is 4. The van der Waals surface area contributed by atoms with E-state index < -0.39 is 23.2 Å². The van der Waals surface area contributed by atoms with Crippen molar-refractivity contribution in [2.75, 3.05) is 11.9 Å². The van der Waals surface area contributed by atoms with E-state index in [1.165, 1.54) is 19.1 Å². The standard InChI is InChI=1S/C36H38BrFN8O4/c1-19-33-36(19)14-27(35(50)43-28-11-10-26(38)34(37)42-28)46(33)30(49)17-45-32-22(8-6-4-5-7-9-29(48)41-18-36)12-23(24-15-39-21(3)40-16-24)13-25(32)31(44-45)20(2)47/h10-13,15-16,19,27,33H,4-9,14,17-18H2,1-3H3,(H,41,48)(H,42,43,50)/t19?,27-,33?,36+/m0/s1. The van der Waals surface area contributed by atoms with Gasteiger partial charge in [-0.05, 0) is 89.8 Å². The third kappa shape index (κ3) is 6.18. The highest BCUT2D eigenvalue weighted by Gasteiger charge is 2.72. The summed E-state index contributed by atoms with van der Waals surface area (Å²) in [5.41, 5.74) is 3.07. The van der Waals surface area contributed by atoms with Crippen LogP contribution < -0.4 is 10.6 Å². The Labute approximate surface area is 296 Å². The van der Waals surface area contributed by atoms with Gasteiger partial charge in [0, 0.05) is 54.7 Å². The number of carbonyl (C=O) groups is 4. The van der Waals surface area contributed by atoms with Gasteiger partial charge in [0.1, 0.15) is 34.5 Å². The quantitative estimate of drug-likeness (QED) is 0.215. The maximum Gasteiger partial charge on any atom is 0.248 e. The minimum Gasteiger partial charge on any atom is -0.355 e. The average molecular weight is 746 g/mol. The van der Waals surface area contributed by atoms with Gasteiger partial charge >= 0.3 is 0 Å². The van der Waals surface area contributed by atoms with Crippen LogP contribution in [0.5, 0.6) is 0 Å². The Hall–Kier alpha value is -4.59. The van der Waals surface area contributed by atoms with Crippen LogP contribution in [0.1, 0.15) is 74.2 Å². The predicted molar refractivity (Wildman–Crippen MR) is 186 cm³/mol. The molecule has 50 heavy (non-hydrogen) atoms. The molecule has 1 aromatic carbocycles. The zero-order valence-electron chi connectivity index (χ0n) is 28.1. The van der Waals surface area contributed by atoms with Crippen LogP contribution in [0.4, 0.5) is 10.2 Å². The second-order valence-electron chi connectivity index (χ2n) is 13.7. The van der Waals surface area contributed by atoms with Crippen LogP contribution in [0.3, 0.4) is 0 Å². The summed E-state index contributed by atoms with van der Waals surface area (Å²) < 4.78 is 15.5. The van der Waals surface area contributed by atoms with E-state index in [0.717, 1.165) is 42.4 Å². The Morgan fingerprint density at radius 3 is 2.52 bits per heavy atom. The topological polar surface area (TPSA) is 152 Å². The highest BCUT2D eigenvalue weighted by molar-refractivity contribution is 9.10. The summed E-state index contributed by atoms with van der Waals surface area (Å²) in [6.07, 6.45) is 8.28. The SMILES string of the molecule is CC(=O)c1nn2c3c(cc(-c4cnc(C)nc4)cc13)CCCCCCC(=O)NC[C@@]13C[C@@H](C(=O)Nc4ccc(F)c(Br)n4)N(C(=O)C2)C1C3C. The number of Topliss-reactive ketones (excluding diaryl/α,β-unsaturated/α-hetero) is 1. The molecule has 14 heteroatoms. The number of nitrogens with zero attached hydrogens (tertiary/aromatic N) is 6. The van der Waals surface area contributed by atoms with E-state index in [-0.39, 0.29) is 52.2 Å². The molecule has 1 saturated carbocycles. The van der Waals surface area contributed by atoms with Gasteiger partial charge in [-0.1, -0.05) is 19.8 Å². The summed E-state index contributed by atoms with van der Waals surface area (Å²) in [4.78, 5) is 68.7. The molecule has 12 nitrogen and oxygen atoms in total. The Morgan fingerprint density at radius 2 is 1.80 bits per heavy atom. The number of piperidine rings is 1. The lowest BCUT2D eigenvalue weighted by Gasteiger charge is -2.28. The molecule has 2 fully saturated rings. The highest BCUT2D eigenvalue weighted by Crippen LogP contribution is 2.64. The number of aryl methyl sites for hydroxylation is 2. The van der Waals surface area contributed by atoms with Gasteiger partial charge in [0.2, 0.25) is 17.7 Å². The molecule has 2 N–H and O–H groups in total. The molecule has 2 aliphatic heterocycles. The molecular weight excluding hydrogens is 707 g/mol. The number of amides is 3. The minimum absolute atomic E-state index is 0.0322. The van der Waals surface area contributed by atoms with Gasteiger partial charge in [-0.2, -0.15) is 5.10 Å². The largest absolute Gasteiger partial charge is 0.355 e. The summed E-state index contributed by atoms with van der Waals surface area (Å²) in [6.45, 7) is 5.47. The number of pyridine rings is 1. The van der Waals surface area contributed by atoms with E-state index in [9.17, 15) is 23.6 Å². The number of hydrogen-bond donors (Lipinski definition) is 2. The van der Waals surface area contributed by atoms with E-state index in [2.05, 4.69) is 47.6 Å². The summed E-state index contributed by atoms with van der Waals surface area (Å²) in [6, 6.07) is 5.35. The van der Waals surface area contributed by atoms with Crippen molar-refractivity contribution in [2.45, 2.75) is 84.3 Å². The Bertz CT molecular complexity index is 2030. The summed E-state index contributed by atoms with van der Waals surface area (Å²) in [7, 11) is 0. The number of halogens is 2. The molecule has 2 unspecified atom stereocenters. The van der Waals surface area contributed by atoms with Crippen molar-refractivity contribution in [3.05, 3.63) is 64.2 Å². The first-order valence-electron chi connectivity index (χ1n) is 17.0. The third-order valence-corrected chi connectivity index (χ3v) is 11.1. The fourth-order valence-corrected chi connectivity index (χ4v) is 8.25. The average Bonchev–Trinajstić information content (AvgIpc) is 3.35. The van der Waals surface area contributed by atoms with Crippen molar-refractivity contribution in [2.24, 2.45) is 11.3 Å². The van der Waals surface area contributed by atoms with E-state index >= 15 is 0 Å². The second kappa shape index (κ2) is 13.3. The monoisotopic (exact) mass is 744 g/mol. The number of anilines is 1. The fraction of sp³-hybridized carbons (Fsp3) is 0.444. The van der Waals surface area contributed by atoms with E-state index in [4.69, 9.17) is 5.10 Å². The lowest BCUT2D eigenvalue weighted by Crippen LogP contribution is -2.47. The smallest absolute Gasteiger partial charge is 0.248 e. The van der Waals surface area contributed by atoms with Crippen LogP contribution >= 0.6 is 15.9 Å². The zero-order chi connectivity index (χ0) is 35.3. The van der Waals surface area contributed by atoms with E-state index in [1.807, 2.05) is 19.9 Å². The zero-order valence-corrected chi connectivity index (χ0v) is 29.7. The summed E-state index contributed by atoms with van der Waals surface area (Å²) in [5.74, 6) is -0.799. The van der Waals surface area contributed by atoms with Gasteiger partial charge < -0.3 is 15.5 Å². The molecule has 3 amide bonds. The Morgan fingerprint density at radius 1 is 1.06 bits per heavy atom. The van der Waals surface area contributed by atoms with Crippen LogP contribution in [0.15, 0.2) is 41.3 Å². The van der Waals surface area contributed by atoms with Crippen molar-refractivity contribution in [1.29, 1.82) is 0 Å². The second-order valence-corrected chi connectivity index (χ2v) is 14.5. The van der Waals surface area contributed by atoms with Crippen molar-refractivity contribution in [1.82, 2.24) is 34.9 Å². The molecule has 7 rings (SSSR count). The number of aromatic nitrogens is 5. The molecule has 1 aliphatic carbocycles. The molecular formula is C36H38BrFN8O4. The Kier molecular flexibility index (Phi) is 8.99. The van der Waals surface area contributed by atoms with Crippen molar-refractivity contribution in [3.8, 4) is 11.1 Å². The van der Waals surface area contributed by atoms with Gasteiger partial charge in [-0.15, -0.1) is 0 Å². The Balaban J connectivity index is 1.30. The van der Waals surface area contributed by atoms with Gasteiger partial charge in [0.15, 0.2) is 11.6 Å². The predicted octanol–water partition coefficient (Wildman–Crippen LogP) is 5.17. The maximum atomic E-state index is 14.5. The molecule has 4 atom stereocenters. The van der Waals surface area contributed by atoms with Gasteiger partial charge in [-0.25, -0.2) is 19.3 Å². The van der Waals surface area contributed by atoms with E-state index in [0.29, 0.717) is 42.5 Å².